The number of carbonyl (C=O) groups is 2. The highest BCUT2D eigenvalue weighted by atomic mass is 35.5. The minimum absolute atomic E-state index is 0.0170. The Morgan fingerprint density at radius 1 is 0.971 bits per heavy atom. The van der Waals surface area contributed by atoms with E-state index in [2.05, 4.69) is 20.8 Å². The first-order chi connectivity index (χ1) is 16.1. The minimum Gasteiger partial charge on any atom is -0.507 e. The quantitative estimate of drug-likeness (QED) is 0.274. The summed E-state index contributed by atoms with van der Waals surface area (Å²) in [7, 11) is 1.46. The van der Waals surface area contributed by atoms with Gasteiger partial charge in [0.1, 0.15) is 11.5 Å². The Morgan fingerprint density at radius 3 is 2.21 bits per heavy atom. The molecule has 6 heteroatoms. The van der Waals surface area contributed by atoms with E-state index in [1.54, 1.807) is 12.1 Å². The zero-order valence-electron chi connectivity index (χ0n) is 19.5. The summed E-state index contributed by atoms with van der Waals surface area (Å²) in [5.41, 5.74) is 2.54. The van der Waals surface area contributed by atoms with Gasteiger partial charge in [0, 0.05) is 10.7 Å². The molecule has 4 rings (SSSR count). The molecule has 34 heavy (non-hydrogen) atoms. The lowest BCUT2D eigenvalue weighted by atomic mass is 9.87. The van der Waals surface area contributed by atoms with Gasteiger partial charge in [-0.25, -0.2) is 0 Å². The van der Waals surface area contributed by atoms with E-state index in [0.29, 0.717) is 22.0 Å². The van der Waals surface area contributed by atoms with Crippen molar-refractivity contribution in [3.05, 3.63) is 100 Å². The second-order valence-electron chi connectivity index (χ2n) is 9.22. The van der Waals surface area contributed by atoms with Crippen LogP contribution in [0.5, 0.6) is 5.75 Å². The topological polar surface area (TPSA) is 66.8 Å². The summed E-state index contributed by atoms with van der Waals surface area (Å²) in [5, 5.41) is 11.7. The third kappa shape index (κ3) is 4.19. The van der Waals surface area contributed by atoms with Gasteiger partial charge in [-0.1, -0.05) is 74.8 Å². The Bertz CT molecular complexity index is 1270. The number of rotatable bonds is 4. The molecule has 0 bridgehead atoms. The maximum atomic E-state index is 13.3. The summed E-state index contributed by atoms with van der Waals surface area (Å²) in [6.45, 7) is 6.32. The number of amides is 1. The fourth-order valence-corrected chi connectivity index (χ4v) is 4.35. The standard InChI is InChI=1S/C28H26ClNO4/c1-28(2,3)18-10-13-20(14-11-18)30-24(17-8-6-5-7-9-17)23(26(32)27(30)33)25(31)21-16-19(29)12-15-22(21)34-4/h5-16,24,31H,1-4H3/b25-23+. The summed E-state index contributed by atoms with van der Waals surface area (Å²) in [6.07, 6.45) is 0. The Morgan fingerprint density at radius 2 is 1.62 bits per heavy atom. The molecule has 1 saturated heterocycles. The molecule has 0 spiro atoms. The van der Waals surface area contributed by atoms with Crippen molar-refractivity contribution in [3.63, 3.8) is 0 Å². The molecule has 3 aromatic rings. The lowest BCUT2D eigenvalue weighted by Crippen LogP contribution is -2.29. The SMILES string of the molecule is COc1ccc(Cl)cc1/C(O)=C1\C(=O)C(=O)N(c2ccc(C(C)(C)C)cc2)C1c1ccccc1. The highest BCUT2D eigenvalue weighted by Gasteiger charge is 2.47. The second kappa shape index (κ2) is 8.99. The molecule has 0 saturated carbocycles. The number of hydrogen-bond acceptors (Lipinski definition) is 4. The number of aliphatic hydroxyl groups excluding tert-OH is 1. The molecule has 0 aliphatic carbocycles. The summed E-state index contributed by atoms with van der Waals surface area (Å²) in [5.74, 6) is -1.47. The minimum atomic E-state index is -0.814. The zero-order chi connectivity index (χ0) is 24.6. The van der Waals surface area contributed by atoms with E-state index in [1.807, 2.05) is 54.6 Å². The smallest absolute Gasteiger partial charge is 0.300 e. The molecule has 1 aliphatic rings. The Kier molecular flexibility index (Phi) is 6.24. The molecule has 1 atom stereocenters. The number of hydrogen-bond donors (Lipinski definition) is 1. The summed E-state index contributed by atoms with van der Waals surface area (Å²) < 4.78 is 5.38. The number of carbonyl (C=O) groups excluding carboxylic acids is 2. The van der Waals surface area contributed by atoms with Crippen LogP contribution in [0, 0.1) is 0 Å². The second-order valence-corrected chi connectivity index (χ2v) is 9.66. The van der Waals surface area contributed by atoms with Crippen LogP contribution in [0.25, 0.3) is 5.76 Å². The van der Waals surface area contributed by atoms with E-state index in [1.165, 1.54) is 18.1 Å². The fraction of sp³-hybridized carbons (Fsp3) is 0.214. The molecule has 1 N–H and O–H groups in total. The van der Waals surface area contributed by atoms with Crippen molar-refractivity contribution < 1.29 is 19.4 Å². The Balaban J connectivity index is 1.93. The molecule has 0 aromatic heterocycles. The third-order valence-corrected chi connectivity index (χ3v) is 6.22. The normalized spacial score (nSPS) is 17.8. The lowest BCUT2D eigenvalue weighted by molar-refractivity contribution is -0.132. The number of ketones is 1. The van der Waals surface area contributed by atoms with Crippen LogP contribution in [-0.2, 0) is 15.0 Å². The van der Waals surface area contributed by atoms with Gasteiger partial charge in [0.15, 0.2) is 0 Å². The molecule has 1 unspecified atom stereocenters. The van der Waals surface area contributed by atoms with Crippen LogP contribution < -0.4 is 9.64 Å². The number of ether oxygens (including phenoxy) is 1. The van der Waals surface area contributed by atoms with Crippen LogP contribution in [-0.4, -0.2) is 23.9 Å². The highest BCUT2D eigenvalue weighted by molar-refractivity contribution is 6.51. The maximum absolute atomic E-state index is 13.3. The summed E-state index contributed by atoms with van der Waals surface area (Å²) in [6, 6.07) is 20.7. The van der Waals surface area contributed by atoms with Crippen LogP contribution in [0.1, 0.15) is 43.5 Å². The number of nitrogens with zero attached hydrogens (tertiary/aromatic N) is 1. The molecular formula is C28H26ClNO4. The van der Waals surface area contributed by atoms with Crippen molar-refractivity contribution in [3.8, 4) is 5.75 Å². The lowest BCUT2D eigenvalue weighted by Gasteiger charge is -2.26. The van der Waals surface area contributed by atoms with Gasteiger partial charge in [-0.05, 0) is 46.9 Å². The van der Waals surface area contributed by atoms with Gasteiger partial charge in [0.2, 0.25) is 0 Å². The van der Waals surface area contributed by atoms with Crippen molar-refractivity contribution in [2.24, 2.45) is 0 Å². The number of aliphatic hydroxyl groups is 1. The molecule has 0 radical (unpaired) electrons. The number of benzene rings is 3. The number of Topliss-reactive ketones (excluding diaryl/α,β-unsaturated/α-hetero) is 1. The van der Waals surface area contributed by atoms with E-state index in [4.69, 9.17) is 16.3 Å². The predicted molar refractivity (Wildman–Crippen MR) is 134 cm³/mol. The Labute approximate surface area is 204 Å². The van der Waals surface area contributed by atoms with Gasteiger partial charge in [-0.3, -0.25) is 14.5 Å². The fourth-order valence-electron chi connectivity index (χ4n) is 4.18. The van der Waals surface area contributed by atoms with Crippen molar-refractivity contribution >= 4 is 34.7 Å². The Hall–Kier alpha value is -3.57. The first-order valence-electron chi connectivity index (χ1n) is 10.9. The van der Waals surface area contributed by atoms with Gasteiger partial charge in [-0.2, -0.15) is 0 Å². The van der Waals surface area contributed by atoms with Gasteiger partial charge in [0.05, 0.1) is 24.3 Å². The number of methoxy groups -OCH3 is 1. The summed E-state index contributed by atoms with van der Waals surface area (Å²) in [4.78, 5) is 28.1. The number of anilines is 1. The van der Waals surface area contributed by atoms with E-state index in [-0.39, 0.29) is 22.3 Å². The van der Waals surface area contributed by atoms with Crippen molar-refractivity contribution in [2.45, 2.75) is 32.2 Å². The molecule has 1 aliphatic heterocycles. The molecule has 1 fully saturated rings. The molecule has 5 nitrogen and oxygen atoms in total. The van der Waals surface area contributed by atoms with E-state index in [0.717, 1.165) is 5.56 Å². The first kappa shape index (κ1) is 23.6. The molecule has 1 heterocycles. The van der Waals surface area contributed by atoms with Crippen LogP contribution in [0.3, 0.4) is 0 Å². The van der Waals surface area contributed by atoms with Gasteiger partial charge >= 0.3 is 0 Å². The molecule has 1 amide bonds. The van der Waals surface area contributed by atoms with Crippen molar-refractivity contribution in [1.82, 2.24) is 0 Å². The van der Waals surface area contributed by atoms with Crippen molar-refractivity contribution in [2.75, 3.05) is 12.0 Å². The zero-order valence-corrected chi connectivity index (χ0v) is 20.3. The monoisotopic (exact) mass is 475 g/mol. The largest absolute Gasteiger partial charge is 0.507 e. The third-order valence-electron chi connectivity index (χ3n) is 5.99. The maximum Gasteiger partial charge on any atom is 0.300 e. The van der Waals surface area contributed by atoms with Crippen LogP contribution in [0.4, 0.5) is 5.69 Å². The average Bonchev–Trinajstić information content (AvgIpc) is 3.09. The van der Waals surface area contributed by atoms with E-state index < -0.39 is 17.7 Å². The van der Waals surface area contributed by atoms with Gasteiger partial charge in [0.25, 0.3) is 11.7 Å². The van der Waals surface area contributed by atoms with E-state index >= 15 is 0 Å². The number of halogens is 1. The highest BCUT2D eigenvalue weighted by Crippen LogP contribution is 2.43. The van der Waals surface area contributed by atoms with E-state index in [9.17, 15) is 14.7 Å². The van der Waals surface area contributed by atoms with Crippen LogP contribution in [0.15, 0.2) is 78.4 Å². The summed E-state index contributed by atoms with van der Waals surface area (Å²) >= 11 is 6.17. The van der Waals surface area contributed by atoms with Crippen LogP contribution in [0.2, 0.25) is 5.02 Å². The van der Waals surface area contributed by atoms with Crippen LogP contribution >= 0.6 is 11.6 Å². The average molecular weight is 476 g/mol. The first-order valence-corrected chi connectivity index (χ1v) is 11.3. The molecular weight excluding hydrogens is 450 g/mol. The van der Waals surface area contributed by atoms with Gasteiger partial charge in [-0.15, -0.1) is 0 Å². The predicted octanol–water partition coefficient (Wildman–Crippen LogP) is 6.27. The molecule has 174 valence electrons. The molecule has 3 aromatic carbocycles. The van der Waals surface area contributed by atoms with Gasteiger partial charge < -0.3 is 9.84 Å². The van der Waals surface area contributed by atoms with Crippen molar-refractivity contribution in [1.29, 1.82) is 0 Å².